The molecule has 2 aliphatic rings. The van der Waals surface area contributed by atoms with Gasteiger partial charge in [-0.05, 0) is 51.6 Å². The molecule has 1 heterocycles. The number of urea groups is 1. The number of carbonyl (C=O) groups excluding carboxylic acids is 2. The SMILES string of the molecule is CNC(=O)NC(=O)C(C)N(CC1CCCNC1)C1CC1. The predicted octanol–water partition coefficient (Wildman–Crippen LogP) is 0.295. The van der Waals surface area contributed by atoms with Crippen molar-refractivity contribution >= 4 is 11.9 Å². The Bertz CT molecular complexity index is 351. The van der Waals surface area contributed by atoms with Crippen molar-refractivity contribution in [2.45, 2.75) is 44.7 Å². The molecule has 114 valence electrons. The topological polar surface area (TPSA) is 73.5 Å². The number of imide groups is 1. The fourth-order valence-corrected chi connectivity index (χ4v) is 2.84. The van der Waals surface area contributed by atoms with E-state index < -0.39 is 6.03 Å². The van der Waals surface area contributed by atoms with E-state index in [4.69, 9.17) is 0 Å². The molecule has 3 amide bonds. The van der Waals surface area contributed by atoms with E-state index in [2.05, 4.69) is 20.9 Å². The maximum Gasteiger partial charge on any atom is 0.321 e. The molecule has 1 saturated carbocycles. The number of hydrogen-bond acceptors (Lipinski definition) is 4. The Morgan fingerprint density at radius 2 is 2.10 bits per heavy atom. The number of amides is 3. The number of hydrogen-bond donors (Lipinski definition) is 3. The van der Waals surface area contributed by atoms with Crippen LogP contribution in [-0.2, 0) is 4.79 Å². The third-order valence-electron chi connectivity index (χ3n) is 4.22. The predicted molar refractivity (Wildman–Crippen MR) is 77.4 cm³/mol. The van der Waals surface area contributed by atoms with Gasteiger partial charge in [-0.3, -0.25) is 15.0 Å². The van der Waals surface area contributed by atoms with Crippen molar-refractivity contribution < 1.29 is 9.59 Å². The van der Waals surface area contributed by atoms with E-state index in [1.807, 2.05) is 6.92 Å². The Balaban J connectivity index is 1.89. The van der Waals surface area contributed by atoms with Gasteiger partial charge in [0, 0.05) is 19.6 Å². The van der Waals surface area contributed by atoms with Crippen molar-refractivity contribution in [2.75, 3.05) is 26.7 Å². The number of nitrogens with zero attached hydrogens (tertiary/aromatic N) is 1. The highest BCUT2D eigenvalue weighted by Gasteiger charge is 2.36. The first-order valence-electron chi connectivity index (χ1n) is 7.61. The first kappa shape index (κ1) is 15.3. The van der Waals surface area contributed by atoms with Crippen LogP contribution in [0.4, 0.5) is 4.79 Å². The standard InChI is InChI=1S/C14H26N4O2/c1-10(13(19)17-14(20)15-2)18(12-5-6-12)9-11-4-3-7-16-8-11/h10-12,16H,3-9H2,1-2H3,(H2,15,17,19,20). The summed E-state index contributed by atoms with van der Waals surface area (Å²) < 4.78 is 0. The molecule has 1 aliphatic heterocycles. The molecule has 0 bridgehead atoms. The van der Waals surface area contributed by atoms with Gasteiger partial charge in [-0.15, -0.1) is 0 Å². The minimum absolute atomic E-state index is 0.208. The first-order valence-corrected chi connectivity index (χ1v) is 7.61. The minimum Gasteiger partial charge on any atom is -0.341 e. The molecule has 1 aliphatic carbocycles. The van der Waals surface area contributed by atoms with Crippen LogP contribution in [0.2, 0.25) is 0 Å². The maximum absolute atomic E-state index is 12.1. The minimum atomic E-state index is -0.433. The highest BCUT2D eigenvalue weighted by molar-refractivity contribution is 5.96. The molecular weight excluding hydrogens is 256 g/mol. The van der Waals surface area contributed by atoms with Gasteiger partial charge in [-0.2, -0.15) is 0 Å². The lowest BCUT2D eigenvalue weighted by molar-refractivity contribution is -0.125. The second kappa shape index (κ2) is 7.04. The molecule has 2 unspecified atom stereocenters. The van der Waals surface area contributed by atoms with Gasteiger partial charge in [0.2, 0.25) is 5.91 Å². The quantitative estimate of drug-likeness (QED) is 0.678. The molecule has 6 heteroatoms. The summed E-state index contributed by atoms with van der Waals surface area (Å²) in [6, 6.07) is -0.166. The van der Waals surface area contributed by atoms with Crippen LogP contribution >= 0.6 is 0 Å². The van der Waals surface area contributed by atoms with Crippen LogP contribution in [-0.4, -0.2) is 55.6 Å². The van der Waals surface area contributed by atoms with E-state index in [0.29, 0.717) is 12.0 Å². The summed E-state index contributed by atoms with van der Waals surface area (Å²) in [6.45, 7) is 4.98. The van der Waals surface area contributed by atoms with Crippen molar-refractivity contribution in [1.29, 1.82) is 0 Å². The van der Waals surface area contributed by atoms with E-state index in [0.717, 1.165) is 32.5 Å². The van der Waals surface area contributed by atoms with Crippen LogP contribution in [0.3, 0.4) is 0 Å². The Kier molecular flexibility index (Phi) is 5.37. The maximum atomic E-state index is 12.1. The Hall–Kier alpha value is -1.14. The lowest BCUT2D eigenvalue weighted by atomic mass is 9.98. The van der Waals surface area contributed by atoms with Gasteiger partial charge in [0.15, 0.2) is 0 Å². The molecule has 0 aromatic heterocycles. The molecule has 0 spiro atoms. The zero-order valence-electron chi connectivity index (χ0n) is 12.4. The molecule has 0 aromatic rings. The summed E-state index contributed by atoms with van der Waals surface area (Å²) in [5, 5.41) is 8.22. The first-order chi connectivity index (χ1) is 9.61. The van der Waals surface area contributed by atoms with Gasteiger partial charge in [-0.1, -0.05) is 0 Å². The van der Waals surface area contributed by atoms with Gasteiger partial charge in [-0.25, -0.2) is 4.79 Å². The number of rotatable bonds is 5. The molecule has 0 radical (unpaired) electrons. The Morgan fingerprint density at radius 3 is 2.65 bits per heavy atom. The molecule has 20 heavy (non-hydrogen) atoms. The summed E-state index contributed by atoms with van der Waals surface area (Å²) in [5.41, 5.74) is 0. The number of carbonyl (C=O) groups is 2. The average Bonchev–Trinajstić information content (AvgIpc) is 3.29. The summed E-state index contributed by atoms with van der Waals surface area (Å²) in [5.74, 6) is 0.402. The van der Waals surface area contributed by atoms with Crippen LogP contribution in [0.1, 0.15) is 32.6 Å². The van der Waals surface area contributed by atoms with Gasteiger partial charge in [0.1, 0.15) is 0 Å². The second-order valence-electron chi connectivity index (χ2n) is 5.88. The zero-order chi connectivity index (χ0) is 14.5. The van der Waals surface area contributed by atoms with Crippen molar-refractivity contribution in [3.05, 3.63) is 0 Å². The fourth-order valence-electron chi connectivity index (χ4n) is 2.84. The van der Waals surface area contributed by atoms with Crippen molar-refractivity contribution in [3.63, 3.8) is 0 Å². The second-order valence-corrected chi connectivity index (χ2v) is 5.88. The lowest BCUT2D eigenvalue weighted by Gasteiger charge is -2.33. The Labute approximate surface area is 120 Å². The summed E-state index contributed by atoms with van der Waals surface area (Å²) >= 11 is 0. The van der Waals surface area contributed by atoms with Crippen LogP contribution in [0.5, 0.6) is 0 Å². The molecule has 2 rings (SSSR count). The third-order valence-corrected chi connectivity index (χ3v) is 4.22. The van der Waals surface area contributed by atoms with E-state index in [-0.39, 0.29) is 11.9 Å². The van der Waals surface area contributed by atoms with Crippen LogP contribution in [0.15, 0.2) is 0 Å². The largest absolute Gasteiger partial charge is 0.341 e. The molecule has 2 fully saturated rings. The summed E-state index contributed by atoms with van der Waals surface area (Å²) in [4.78, 5) is 25.6. The summed E-state index contributed by atoms with van der Waals surface area (Å²) in [6.07, 6.45) is 4.76. The van der Waals surface area contributed by atoms with E-state index in [1.54, 1.807) is 0 Å². The summed E-state index contributed by atoms with van der Waals surface area (Å²) in [7, 11) is 1.51. The highest BCUT2D eigenvalue weighted by atomic mass is 16.2. The molecule has 1 saturated heterocycles. The van der Waals surface area contributed by atoms with Gasteiger partial charge in [0.25, 0.3) is 0 Å². The average molecular weight is 282 g/mol. The van der Waals surface area contributed by atoms with E-state index >= 15 is 0 Å². The number of nitrogens with one attached hydrogen (secondary N) is 3. The van der Waals surface area contributed by atoms with Crippen molar-refractivity contribution in [1.82, 2.24) is 20.9 Å². The van der Waals surface area contributed by atoms with Gasteiger partial charge < -0.3 is 10.6 Å². The van der Waals surface area contributed by atoms with Crippen LogP contribution in [0, 0.1) is 5.92 Å². The van der Waals surface area contributed by atoms with Gasteiger partial charge in [0.05, 0.1) is 6.04 Å². The normalized spacial score (nSPS) is 24.2. The number of piperidine rings is 1. The van der Waals surface area contributed by atoms with E-state index in [9.17, 15) is 9.59 Å². The lowest BCUT2D eigenvalue weighted by Crippen LogP contribution is -2.52. The zero-order valence-corrected chi connectivity index (χ0v) is 12.4. The van der Waals surface area contributed by atoms with Crippen molar-refractivity contribution in [3.8, 4) is 0 Å². The molecule has 3 N–H and O–H groups in total. The molecule has 0 aromatic carbocycles. The van der Waals surface area contributed by atoms with Crippen molar-refractivity contribution in [2.24, 2.45) is 5.92 Å². The third kappa shape index (κ3) is 4.18. The van der Waals surface area contributed by atoms with Gasteiger partial charge >= 0.3 is 6.03 Å². The monoisotopic (exact) mass is 282 g/mol. The van der Waals surface area contributed by atoms with Crippen LogP contribution in [0.25, 0.3) is 0 Å². The van der Waals surface area contributed by atoms with E-state index in [1.165, 1.54) is 19.9 Å². The highest BCUT2D eigenvalue weighted by Crippen LogP contribution is 2.30. The van der Waals surface area contributed by atoms with Crippen LogP contribution < -0.4 is 16.0 Å². The molecule has 2 atom stereocenters. The Morgan fingerprint density at radius 1 is 1.35 bits per heavy atom. The molecule has 6 nitrogen and oxygen atoms in total. The fraction of sp³-hybridized carbons (Fsp3) is 0.857. The molecular formula is C14H26N4O2. The smallest absolute Gasteiger partial charge is 0.321 e.